The van der Waals surface area contributed by atoms with Gasteiger partial charge >= 0.3 is 5.69 Å². The van der Waals surface area contributed by atoms with Gasteiger partial charge in [0.15, 0.2) is 5.75 Å². The molecule has 1 aromatic heterocycles. The van der Waals surface area contributed by atoms with Gasteiger partial charge in [-0.3, -0.25) is 15.1 Å². The van der Waals surface area contributed by atoms with E-state index in [0.717, 1.165) is 18.2 Å². The number of nitro groups is 1. The van der Waals surface area contributed by atoms with Crippen LogP contribution in [0.2, 0.25) is 0 Å². The highest BCUT2D eigenvalue weighted by Crippen LogP contribution is 2.30. The molecule has 3 rings (SSSR count). The third kappa shape index (κ3) is 3.60. The van der Waals surface area contributed by atoms with Crippen LogP contribution in [0.1, 0.15) is 5.56 Å². The highest BCUT2D eigenvalue weighted by atomic mass is 32.2. The van der Waals surface area contributed by atoms with E-state index in [9.17, 15) is 22.9 Å². The van der Waals surface area contributed by atoms with Gasteiger partial charge in [0.2, 0.25) is 10.0 Å². The first-order chi connectivity index (χ1) is 12.3. The number of aromatic nitrogens is 1. The Kier molecular flexibility index (Phi) is 4.53. The number of hydrogen-bond acceptors (Lipinski definition) is 6. The Labute approximate surface area is 147 Å². The van der Waals surface area contributed by atoms with Crippen LogP contribution in [0.4, 0.5) is 10.1 Å². The number of primary sulfonamides is 1. The van der Waals surface area contributed by atoms with Crippen molar-refractivity contribution in [1.82, 2.24) is 4.98 Å². The summed E-state index contributed by atoms with van der Waals surface area (Å²) in [6, 6.07) is 8.91. The molecule has 0 saturated carbocycles. The number of rotatable bonds is 5. The van der Waals surface area contributed by atoms with Crippen LogP contribution in [-0.2, 0) is 16.6 Å². The first-order valence-electron chi connectivity index (χ1n) is 7.23. The second-order valence-electron chi connectivity index (χ2n) is 5.36. The summed E-state index contributed by atoms with van der Waals surface area (Å²) in [7, 11) is -4.10. The highest BCUT2D eigenvalue weighted by molar-refractivity contribution is 7.89. The Morgan fingerprint density at radius 1 is 1.23 bits per heavy atom. The fourth-order valence-corrected chi connectivity index (χ4v) is 2.97. The molecule has 2 aromatic carbocycles. The molecule has 8 nitrogen and oxygen atoms in total. The Morgan fingerprint density at radius 3 is 2.69 bits per heavy atom. The number of sulfonamides is 1. The Bertz CT molecular complexity index is 1120. The normalized spacial score (nSPS) is 11.5. The number of benzene rings is 2. The Balaban J connectivity index is 1.97. The second kappa shape index (κ2) is 6.65. The summed E-state index contributed by atoms with van der Waals surface area (Å²) in [4.78, 5) is 14.2. The van der Waals surface area contributed by atoms with Crippen molar-refractivity contribution >= 4 is 26.6 Å². The number of ether oxygens (including phenoxy) is 1. The third-order valence-electron chi connectivity index (χ3n) is 3.59. The molecule has 0 bridgehead atoms. The van der Waals surface area contributed by atoms with Gasteiger partial charge in [0, 0.05) is 23.2 Å². The number of nitrogens with zero attached hydrogens (tertiary/aromatic N) is 2. The van der Waals surface area contributed by atoms with Crippen molar-refractivity contribution in [3.63, 3.8) is 0 Å². The van der Waals surface area contributed by atoms with E-state index in [2.05, 4.69) is 4.98 Å². The van der Waals surface area contributed by atoms with Crippen molar-refractivity contribution in [2.24, 2.45) is 5.14 Å². The summed E-state index contributed by atoms with van der Waals surface area (Å²) in [5.41, 5.74) is 0.327. The van der Waals surface area contributed by atoms with Gasteiger partial charge in [0.25, 0.3) is 0 Å². The highest BCUT2D eigenvalue weighted by Gasteiger charge is 2.20. The minimum Gasteiger partial charge on any atom is -0.482 e. The van der Waals surface area contributed by atoms with Gasteiger partial charge in [-0.05, 0) is 30.3 Å². The molecule has 1 heterocycles. The maximum atomic E-state index is 13.7. The van der Waals surface area contributed by atoms with Crippen molar-refractivity contribution in [2.75, 3.05) is 0 Å². The van der Waals surface area contributed by atoms with Crippen molar-refractivity contribution < 1.29 is 22.5 Å². The average molecular weight is 377 g/mol. The molecule has 0 amide bonds. The molecule has 10 heteroatoms. The van der Waals surface area contributed by atoms with Crippen LogP contribution in [0.5, 0.6) is 5.75 Å². The molecule has 0 fully saturated rings. The number of nitrogens with two attached hydrogens (primary N) is 1. The molecule has 3 aromatic rings. The zero-order valence-corrected chi connectivity index (χ0v) is 13.9. The number of halogens is 1. The smallest absolute Gasteiger partial charge is 0.312 e. The fraction of sp³-hybridized carbons (Fsp3) is 0.0625. The number of hydrogen-bond donors (Lipinski definition) is 1. The summed E-state index contributed by atoms with van der Waals surface area (Å²) in [5.74, 6) is -0.668. The molecule has 0 aliphatic rings. The minimum absolute atomic E-state index is 0.171. The minimum atomic E-state index is -4.10. The summed E-state index contributed by atoms with van der Waals surface area (Å²) < 4.78 is 41.9. The molecule has 0 aliphatic heterocycles. The molecule has 26 heavy (non-hydrogen) atoms. The van der Waals surface area contributed by atoms with Crippen LogP contribution in [0.3, 0.4) is 0 Å². The summed E-state index contributed by atoms with van der Waals surface area (Å²) >= 11 is 0. The van der Waals surface area contributed by atoms with E-state index in [-0.39, 0.29) is 12.4 Å². The van der Waals surface area contributed by atoms with E-state index in [1.165, 1.54) is 18.3 Å². The monoisotopic (exact) mass is 377 g/mol. The van der Waals surface area contributed by atoms with Crippen LogP contribution in [0.25, 0.3) is 10.9 Å². The molecule has 0 unspecified atom stereocenters. The van der Waals surface area contributed by atoms with Crippen LogP contribution in [-0.4, -0.2) is 18.3 Å². The SMILES string of the molecule is NS(=O)(=O)c1ccc(OCc2cc(F)cc3cccnc23)c([N+](=O)[O-])c1. The number of fused-ring (bicyclic) bond motifs is 1. The predicted molar refractivity (Wildman–Crippen MR) is 90.5 cm³/mol. The van der Waals surface area contributed by atoms with Crippen molar-refractivity contribution in [1.29, 1.82) is 0 Å². The van der Waals surface area contributed by atoms with E-state index >= 15 is 0 Å². The lowest BCUT2D eigenvalue weighted by atomic mass is 10.1. The molecule has 134 valence electrons. The van der Waals surface area contributed by atoms with Gasteiger partial charge < -0.3 is 4.74 Å². The topological polar surface area (TPSA) is 125 Å². The molecular formula is C16H12FN3O5S. The van der Waals surface area contributed by atoms with Crippen molar-refractivity contribution in [3.8, 4) is 5.75 Å². The largest absolute Gasteiger partial charge is 0.482 e. The third-order valence-corrected chi connectivity index (χ3v) is 4.50. The van der Waals surface area contributed by atoms with Gasteiger partial charge in [-0.25, -0.2) is 17.9 Å². The lowest BCUT2D eigenvalue weighted by molar-refractivity contribution is -0.386. The Morgan fingerprint density at radius 2 is 2.00 bits per heavy atom. The van der Waals surface area contributed by atoms with Gasteiger partial charge in [0.05, 0.1) is 15.3 Å². The van der Waals surface area contributed by atoms with Crippen LogP contribution < -0.4 is 9.88 Å². The second-order valence-corrected chi connectivity index (χ2v) is 6.92. The zero-order chi connectivity index (χ0) is 18.9. The molecule has 0 aliphatic carbocycles. The fourth-order valence-electron chi connectivity index (χ4n) is 2.43. The van der Waals surface area contributed by atoms with Gasteiger partial charge in [-0.1, -0.05) is 6.07 Å². The van der Waals surface area contributed by atoms with Gasteiger partial charge in [-0.15, -0.1) is 0 Å². The summed E-state index contributed by atoms with van der Waals surface area (Å²) in [6.45, 7) is -0.194. The molecular weight excluding hydrogens is 365 g/mol. The zero-order valence-electron chi connectivity index (χ0n) is 13.1. The lowest BCUT2D eigenvalue weighted by Gasteiger charge is -2.10. The molecule has 0 atom stereocenters. The maximum Gasteiger partial charge on any atom is 0.312 e. The van der Waals surface area contributed by atoms with E-state index in [1.807, 2.05) is 0 Å². The quantitative estimate of drug-likeness (QED) is 0.538. The standard InChI is InChI=1S/C16H12FN3O5S/c17-12-6-10-2-1-5-19-16(10)11(7-12)9-25-15-4-3-13(26(18,23)24)8-14(15)20(21)22/h1-8H,9H2,(H2,18,23,24). The van der Waals surface area contributed by atoms with Crippen LogP contribution in [0, 0.1) is 15.9 Å². The average Bonchev–Trinajstić information content (AvgIpc) is 2.58. The van der Waals surface area contributed by atoms with E-state index in [1.54, 1.807) is 12.1 Å². The van der Waals surface area contributed by atoms with Crippen molar-refractivity contribution in [2.45, 2.75) is 11.5 Å². The van der Waals surface area contributed by atoms with Gasteiger partial charge in [-0.2, -0.15) is 0 Å². The summed E-state index contributed by atoms with van der Waals surface area (Å²) in [5, 5.41) is 16.7. The lowest BCUT2D eigenvalue weighted by Crippen LogP contribution is -2.12. The molecule has 0 radical (unpaired) electrons. The first-order valence-corrected chi connectivity index (χ1v) is 8.77. The Hall–Kier alpha value is -3.11. The predicted octanol–water partition coefficient (Wildman–Crippen LogP) is 2.51. The van der Waals surface area contributed by atoms with Crippen LogP contribution >= 0.6 is 0 Å². The van der Waals surface area contributed by atoms with E-state index in [4.69, 9.17) is 9.88 Å². The number of nitro benzene ring substituents is 1. The van der Waals surface area contributed by atoms with Crippen LogP contribution in [0.15, 0.2) is 53.6 Å². The van der Waals surface area contributed by atoms with Crippen molar-refractivity contribution in [3.05, 3.63) is 70.2 Å². The molecule has 0 spiro atoms. The van der Waals surface area contributed by atoms with Gasteiger partial charge in [0.1, 0.15) is 12.4 Å². The molecule has 2 N–H and O–H groups in total. The van der Waals surface area contributed by atoms with E-state index in [0.29, 0.717) is 16.5 Å². The maximum absolute atomic E-state index is 13.7. The number of pyridine rings is 1. The summed E-state index contributed by atoms with van der Waals surface area (Å²) in [6.07, 6.45) is 1.53. The first kappa shape index (κ1) is 17.7. The molecule has 0 saturated heterocycles. The van der Waals surface area contributed by atoms with E-state index < -0.39 is 31.3 Å².